The van der Waals surface area contributed by atoms with Crippen LogP contribution in [-0.4, -0.2) is 27.3 Å². The van der Waals surface area contributed by atoms with Crippen LogP contribution < -0.4 is 4.74 Å². The molecule has 6 nitrogen and oxygen atoms in total. The second-order valence-electron chi connectivity index (χ2n) is 8.18. The lowest BCUT2D eigenvalue weighted by Crippen LogP contribution is -2.08. The predicted molar refractivity (Wildman–Crippen MR) is 136 cm³/mol. The molecule has 0 aromatic heterocycles. The zero-order valence-electron chi connectivity index (χ0n) is 19.2. The summed E-state index contributed by atoms with van der Waals surface area (Å²) in [6.45, 7) is 0. The first-order chi connectivity index (χ1) is 17.4. The van der Waals surface area contributed by atoms with Gasteiger partial charge < -0.3 is 20.1 Å². The van der Waals surface area contributed by atoms with Crippen LogP contribution in [0.5, 0.6) is 11.5 Å². The Bertz CT molecular complexity index is 1380. The number of carboxylic acids is 2. The molecule has 1 unspecified atom stereocenters. The monoisotopic (exact) mass is 480 g/mol. The molecular weight excluding hydrogens is 456 g/mol. The van der Waals surface area contributed by atoms with Crippen LogP contribution in [-0.2, 0) is 6.42 Å². The van der Waals surface area contributed by atoms with Crippen LogP contribution in [0.3, 0.4) is 0 Å². The Labute approximate surface area is 208 Å². The van der Waals surface area contributed by atoms with Crippen molar-refractivity contribution in [3.8, 4) is 11.5 Å². The van der Waals surface area contributed by atoms with E-state index in [9.17, 15) is 24.9 Å². The van der Waals surface area contributed by atoms with Gasteiger partial charge in [-0.25, -0.2) is 9.59 Å². The molecule has 0 spiro atoms. The number of benzene rings is 4. The largest absolute Gasteiger partial charge is 0.478 e. The first-order valence-corrected chi connectivity index (χ1v) is 11.3. The average molecular weight is 481 g/mol. The first-order valence-electron chi connectivity index (χ1n) is 11.3. The van der Waals surface area contributed by atoms with Crippen LogP contribution >= 0.6 is 0 Å². The van der Waals surface area contributed by atoms with Gasteiger partial charge in [0.2, 0.25) is 0 Å². The summed E-state index contributed by atoms with van der Waals surface area (Å²) in [6.07, 6.45) is 1.13. The van der Waals surface area contributed by atoms with Crippen LogP contribution in [0.1, 0.15) is 43.5 Å². The molecule has 0 fully saturated rings. The molecule has 180 valence electrons. The minimum Gasteiger partial charge on any atom is -0.478 e. The molecular formula is C30H24O6. The summed E-state index contributed by atoms with van der Waals surface area (Å²) in [5.41, 5.74) is 2.10. The van der Waals surface area contributed by atoms with Gasteiger partial charge in [0.1, 0.15) is 17.6 Å². The molecule has 4 aromatic rings. The highest BCUT2D eigenvalue weighted by atomic mass is 16.5. The summed E-state index contributed by atoms with van der Waals surface area (Å²) in [7, 11) is 0. The third-order valence-electron chi connectivity index (χ3n) is 5.63. The van der Waals surface area contributed by atoms with Gasteiger partial charge in [0.15, 0.2) is 0 Å². The van der Waals surface area contributed by atoms with Crippen LogP contribution in [0.25, 0.3) is 6.08 Å². The quantitative estimate of drug-likeness (QED) is 0.262. The SMILES string of the molecule is O=C(O)c1ccc(/C=C(\Cc2ccccc2)C(O)c2ccc(Oc3ccccc3)cc2)cc1C(=O)O. The van der Waals surface area contributed by atoms with Gasteiger partial charge in [0.25, 0.3) is 0 Å². The van der Waals surface area contributed by atoms with Gasteiger partial charge in [-0.3, -0.25) is 0 Å². The number of hydrogen-bond donors (Lipinski definition) is 3. The van der Waals surface area contributed by atoms with E-state index in [2.05, 4.69) is 0 Å². The molecule has 0 aliphatic rings. The molecule has 0 saturated heterocycles. The Kier molecular flexibility index (Phi) is 7.58. The summed E-state index contributed by atoms with van der Waals surface area (Å²) >= 11 is 0. The number of aliphatic hydroxyl groups is 1. The van der Waals surface area contributed by atoms with Crippen molar-refractivity contribution in [1.29, 1.82) is 0 Å². The van der Waals surface area contributed by atoms with Crippen molar-refractivity contribution in [2.75, 3.05) is 0 Å². The summed E-state index contributed by atoms with van der Waals surface area (Å²) in [4.78, 5) is 23.0. The van der Waals surface area contributed by atoms with E-state index in [0.29, 0.717) is 34.6 Å². The lowest BCUT2D eigenvalue weighted by Gasteiger charge is -2.17. The third-order valence-corrected chi connectivity index (χ3v) is 5.63. The van der Waals surface area contributed by atoms with Crippen LogP contribution in [0.15, 0.2) is 109 Å². The predicted octanol–water partition coefficient (Wildman–Crippen LogP) is 6.24. The van der Waals surface area contributed by atoms with Crippen molar-refractivity contribution in [2.45, 2.75) is 12.5 Å². The lowest BCUT2D eigenvalue weighted by molar-refractivity contribution is 0.0651. The number of carboxylic acid groups (broad SMARTS) is 2. The van der Waals surface area contributed by atoms with Gasteiger partial charge in [-0.05, 0) is 65.1 Å². The number of ether oxygens (including phenoxy) is 1. The van der Waals surface area contributed by atoms with E-state index in [1.807, 2.05) is 60.7 Å². The van der Waals surface area contributed by atoms with E-state index in [4.69, 9.17) is 4.74 Å². The summed E-state index contributed by atoms with van der Waals surface area (Å²) < 4.78 is 5.83. The maximum Gasteiger partial charge on any atom is 0.336 e. The normalized spacial score (nSPS) is 12.1. The zero-order valence-corrected chi connectivity index (χ0v) is 19.2. The molecule has 36 heavy (non-hydrogen) atoms. The van der Waals surface area contributed by atoms with Gasteiger partial charge in [-0.2, -0.15) is 0 Å². The number of aromatic carboxylic acids is 2. The number of para-hydroxylation sites is 1. The summed E-state index contributed by atoms with van der Waals surface area (Å²) in [6, 6.07) is 30.2. The van der Waals surface area contributed by atoms with E-state index in [-0.39, 0.29) is 11.1 Å². The average Bonchev–Trinajstić information content (AvgIpc) is 2.89. The van der Waals surface area contributed by atoms with Crippen molar-refractivity contribution < 1.29 is 29.6 Å². The van der Waals surface area contributed by atoms with Crippen molar-refractivity contribution in [3.05, 3.63) is 137 Å². The molecule has 4 aromatic carbocycles. The maximum atomic E-state index is 11.6. The number of rotatable bonds is 9. The molecule has 3 N–H and O–H groups in total. The third kappa shape index (κ3) is 6.05. The van der Waals surface area contributed by atoms with Gasteiger partial charge >= 0.3 is 11.9 Å². The van der Waals surface area contributed by atoms with Crippen LogP contribution in [0.2, 0.25) is 0 Å². The van der Waals surface area contributed by atoms with Crippen molar-refractivity contribution in [1.82, 2.24) is 0 Å². The Morgan fingerprint density at radius 3 is 1.92 bits per heavy atom. The van der Waals surface area contributed by atoms with E-state index in [0.717, 1.165) is 5.56 Å². The van der Waals surface area contributed by atoms with Gasteiger partial charge in [0.05, 0.1) is 11.1 Å². The molecule has 0 bridgehead atoms. The standard InChI is InChI=1S/C30H24O6/c31-28(22-12-14-25(15-13-22)36-24-9-5-2-6-10-24)23(17-20-7-3-1-4-8-20)18-21-11-16-26(29(32)33)27(19-21)30(34)35/h1-16,18-19,28,31H,17H2,(H,32,33)(H,34,35)/b23-18+. The lowest BCUT2D eigenvalue weighted by atomic mass is 9.93. The van der Waals surface area contributed by atoms with E-state index >= 15 is 0 Å². The number of carbonyl (C=O) groups is 2. The van der Waals surface area contributed by atoms with E-state index < -0.39 is 18.0 Å². The van der Waals surface area contributed by atoms with Gasteiger partial charge in [-0.15, -0.1) is 0 Å². The van der Waals surface area contributed by atoms with Crippen molar-refractivity contribution >= 4 is 18.0 Å². The minimum absolute atomic E-state index is 0.293. The Morgan fingerprint density at radius 1 is 0.722 bits per heavy atom. The highest BCUT2D eigenvalue weighted by Crippen LogP contribution is 2.30. The zero-order chi connectivity index (χ0) is 25.5. The molecule has 0 saturated carbocycles. The molecule has 1 atom stereocenters. The highest BCUT2D eigenvalue weighted by molar-refractivity contribution is 6.02. The van der Waals surface area contributed by atoms with Crippen molar-refractivity contribution in [2.24, 2.45) is 0 Å². The molecule has 0 aliphatic carbocycles. The molecule has 0 heterocycles. The van der Waals surface area contributed by atoms with Gasteiger partial charge in [0, 0.05) is 0 Å². The number of hydrogen-bond acceptors (Lipinski definition) is 4. The molecule has 6 heteroatoms. The maximum absolute atomic E-state index is 11.6. The Hall–Kier alpha value is -4.68. The Morgan fingerprint density at radius 2 is 1.31 bits per heavy atom. The summed E-state index contributed by atoms with van der Waals surface area (Å²) in [5.74, 6) is -1.32. The second-order valence-corrected chi connectivity index (χ2v) is 8.18. The second kappa shape index (κ2) is 11.2. The fraction of sp³-hybridized carbons (Fsp3) is 0.0667. The molecule has 0 radical (unpaired) electrons. The minimum atomic E-state index is -1.33. The van der Waals surface area contributed by atoms with Gasteiger partial charge in [-0.1, -0.05) is 72.8 Å². The molecule has 4 rings (SSSR count). The van der Waals surface area contributed by atoms with Crippen LogP contribution in [0.4, 0.5) is 0 Å². The Balaban J connectivity index is 1.66. The smallest absolute Gasteiger partial charge is 0.336 e. The molecule has 0 amide bonds. The number of aliphatic hydroxyl groups excluding tert-OH is 1. The van der Waals surface area contributed by atoms with E-state index in [1.54, 1.807) is 30.3 Å². The van der Waals surface area contributed by atoms with Crippen LogP contribution in [0, 0.1) is 0 Å². The van der Waals surface area contributed by atoms with Crippen molar-refractivity contribution in [3.63, 3.8) is 0 Å². The fourth-order valence-electron chi connectivity index (χ4n) is 3.84. The molecule has 0 aliphatic heterocycles. The highest BCUT2D eigenvalue weighted by Gasteiger charge is 2.18. The topological polar surface area (TPSA) is 104 Å². The van der Waals surface area contributed by atoms with E-state index in [1.165, 1.54) is 18.2 Å². The fourth-order valence-corrected chi connectivity index (χ4v) is 3.84. The summed E-state index contributed by atoms with van der Waals surface area (Å²) in [5, 5.41) is 30.1. The first kappa shape index (κ1) is 24.4.